The maximum absolute atomic E-state index is 10.5. The van der Waals surface area contributed by atoms with E-state index >= 15 is 0 Å². The van der Waals surface area contributed by atoms with Gasteiger partial charge in [0.15, 0.2) is 0 Å². The Bertz CT molecular complexity index is 695. The number of likely N-dealkylation sites (tertiary alicyclic amines) is 1. The lowest BCUT2D eigenvalue weighted by Crippen LogP contribution is -2.34. The minimum atomic E-state index is -0.913. The van der Waals surface area contributed by atoms with E-state index in [1.54, 1.807) is 0 Å². The Morgan fingerprint density at radius 1 is 0.926 bits per heavy atom. The summed E-state index contributed by atoms with van der Waals surface area (Å²) >= 11 is 0. The van der Waals surface area contributed by atoms with Gasteiger partial charge in [-0.15, -0.1) is 12.4 Å². The van der Waals surface area contributed by atoms with Crippen molar-refractivity contribution in [3.8, 4) is 0 Å². The molecule has 0 radical (unpaired) electrons. The number of piperidine rings is 1. The average Bonchev–Trinajstić information content (AvgIpc) is 2.68. The van der Waals surface area contributed by atoms with Gasteiger partial charge in [0.2, 0.25) is 0 Å². The van der Waals surface area contributed by atoms with E-state index in [1.165, 1.54) is 22.3 Å². The number of aliphatic carboxylic acids is 1. The van der Waals surface area contributed by atoms with E-state index in [-0.39, 0.29) is 19.0 Å². The second-order valence-corrected chi connectivity index (χ2v) is 6.50. The van der Waals surface area contributed by atoms with Crippen LogP contribution < -0.4 is 0 Å². The van der Waals surface area contributed by atoms with Gasteiger partial charge in [-0.2, -0.15) is 0 Å². The molecule has 0 spiro atoms. The SMILES string of the molecule is Cl.O=C(O)COCCN1CCC(=C(c2ccccc2)c2ccccc2)CC1. The Kier molecular flexibility index (Phi) is 8.52. The Balaban J connectivity index is 0.00000261. The summed E-state index contributed by atoms with van der Waals surface area (Å²) in [5.74, 6) is -0.913. The highest BCUT2D eigenvalue weighted by atomic mass is 35.5. The molecule has 0 aliphatic carbocycles. The first-order valence-corrected chi connectivity index (χ1v) is 9.09. The summed E-state index contributed by atoms with van der Waals surface area (Å²) in [7, 11) is 0. The van der Waals surface area contributed by atoms with Crippen molar-refractivity contribution < 1.29 is 14.6 Å². The summed E-state index contributed by atoms with van der Waals surface area (Å²) in [6, 6.07) is 21.2. The van der Waals surface area contributed by atoms with E-state index in [2.05, 4.69) is 65.6 Å². The first-order valence-electron chi connectivity index (χ1n) is 9.09. The molecule has 1 fully saturated rings. The van der Waals surface area contributed by atoms with Crippen molar-refractivity contribution in [1.29, 1.82) is 0 Å². The second-order valence-electron chi connectivity index (χ2n) is 6.50. The summed E-state index contributed by atoms with van der Waals surface area (Å²) in [6.45, 7) is 3.00. The van der Waals surface area contributed by atoms with Crippen LogP contribution in [0.1, 0.15) is 24.0 Å². The van der Waals surface area contributed by atoms with Crippen LogP contribution >= 0.6 is 12.4 Å². The molecule has 0 saturated carbocycles. The van der Waals surface area contributed by atoms with E-state index in [0.29, 0.717) is 6.61 Å². The number of benzene rings is 2. The van der Waals surface area contributed by atoms with Gasteiger partial charge in [0.1, 0.15) is 6.61 Å². The number of carboxylic acid groups (broad SMARTS) is 1. The first-order chi connectivity index (χ1) is 12.7. The molecule has 144 valence electrons. The quantitative estimate of drug-likeness (QED) is 0.726. The molecule has 1 N–H and O–H groups in total. The number of carboxylic acids is 1. The smallest absolute Gasteiger partial charge is 0.329 e. The topological polar surface area (TPSA) is 49.8 Å². The molecule has 0 amide bonds. The van der Waals surface area contributed by atoms with Crippen LogP contribution in [0.5, 0.6) is 0 Å². The Morgan fingerprint density at radius 3 is 1.93 bits per heavy atom. The molecule has 0 atom stereocenters. The number of nitrogens with zero attached hydrogens (tertiary/aromatic N) is 1. The zero-order chi connectivity index (χ0) is 18.2. The number of hydrogen-bond acceptors (Lipinski definition) is 3. The van der Waals surface area contributed by atoms with Crippen LogP contribution in [0.3, 0.4) is 0 Å². The van der Waals surface area contributed by atoms with E-state index in [0.717, 1.165) is 32.5 Å². The molecule has 5 heteroatoms. The average molecular weight is 388 g/mol. The molecule has 27 heavy (non-hydrogen) atoms. The molecule has 1 heterocycles. The van der Waals surface area contributed by atoms with Gasteiger partial charge in [-0.1, -0.05) is 66.2 Å². The minimum absolute atomic E-state index is 0. The van der Waals surface area contributed by atoms with Crippen molar-refractivity contribution in [3.05, 3.63) is 77.4 Å². The molecule has 1 saturated heterocycles. The number of halogens is 1. The molecule has 0 unspecified atom stereocenters. The Hall–Kier alpha value is -2.14. The molecule has 2 aromatic carbocycles. The van der Waals surface area contributed by atoms with Crippen molar-refractivity contribution in [2.45, 2.75) is 12.8 Å². The second kappa shape index (κ2) is 10.9. The Labute approximate surface area is 166 Å². The summed E-state index contributed by atoms with van der Waals surface area (Å²) < 4.78 is 5.16. The summed E-state index contributed by atoms with van der Waals surface area (Å²) in [5, 5.41) is 8.62. The largest absolute Gasteiger partial charge is 0.480 e. The Morgan fingerprint density at radius 2 is 1.44 bits per heavy atom. The predicted octanol–water partition coefficient (Wildman–Crippen LogP) is 4.11. The normalized spacial score (nSPS) is 14.4. The van der Waals surface area contributed by atoms with Crippen molar-refractivity contribution in [3.63, 3.8) is 0 Å². The van der Waals surface area contributed by atoms with Crippen molar-refractivity contribution in [2.24, 2.45) is 0 Å². The molecular formula is C22H26ClNO3. The van der Waals surface area contributed by atoms with Gasteiger partial charge in [-0.3, -0.25) is 0 Å². The molecule has 1 aliphatic heterocycles. The zero-order valence-corrected chi connectivity index (χ0v) is 16.2. The van der Waals surface area contributed by atoms with Gasteiger partial charge in [-0.25, -0.2) is 4.79 Å². The van der Waals surface area contributed by atoms with Crippen LogP contribution in [0.2, 0.25) is 0 Å². The molecular weight excluding hydrogens is 362 g/mol. The lowest BCUT2D eigenvalue weighted by molar-refractivity contribution is -0.142. The number of ether oxygens (including phenoxy) is 1. The van der Waals surface area contributed by atoms with Crippen LogP contribution in [0, 0.1) is 0 Å². The number of hydrogen-bond donors (Lipinski definition) is 1. The molecule has 2 aromatic rings. The highest BCUT2D eigenvalue weighted by molar-refractivity contribution is 5.85. The summed E-state index contributed by atoms with van der Waals surface area (Å²) in [6.07, 6.45) is 2.05. The first kappa shape index (κ1) is 21.2. The third kappa shape index (κ3) is 6.21. The van der Waals surface area contributed by atoms with Crippen molar-refractivity contribution in [2.75, 3.05) is 32.8 Å². The monoisotopic (exact) mass is 387 g/mol. The van der Waals surface area contributed by atoms with Crippen LogP contribution in [0.15, 0.2) is 66.2 Å². The van der Waals surface area contributed by atoms with Gasteiger partial charge >= 0.3 is 5.97 Å². The zero-order valence-electron chi connectivity index (χ0n) is 15.3. The number of carbonyl (C=O) groups is 1. The lowest BCUT2D eigenvalue weighted by atomic mass is 9.88. The highest BCUT2D eigenvalue weighted by Crippen LogP contribution is 2.32. The van der Waals surface area contributed by atoms with Crippen molar-refractivity contribution >= 4 is 23.9 Å². The predicted molar refractivity (Wildman–Crippen MR) is 110 cm³/mol. The summed E-state index contributed by atoms with van der Waals surface area (Å²) in [5.41, 5.74) is 5.39. The van der Waals surface area contributed by atoms with Crippen LogP contribution in [0.25, 0.3) is 5.57 Å². The minimum Gasteiger partial charge on any atom is -0.480 e. The molecule has 4 nitrogen and oxygen atoms in total. The highest BCUT2D eigenvalue weighted by Gasteiger charge is 2.18. The molecule has 0 bridgehead atoms. The third-order valence-electron chi connectivity index (χ3n) is 4.72. The van der Waals surface area contributed by atoms with Crippen LogP contribution in [-0.2, 0) is 9.53 Å². The van der Waals surface area contributed by atoms with Gasteiger partial charge in [0.05, 0.1) is 6.61 Å². The van der Waals surface area contributed by atoms with Gasteiger partial charge in [0, 0.05) is 19.6 Å². The van der Waals surface area contributed by atoms with Crippen molar-refractivity contribution in [1.82, 2.24) is 4.90 Å². The molecule has 3 rings (SSSR count). The van der Waals surface area contributed by atoms with Gasteiger partial charge in [-0.05, 0) is 29.5 Å². The standard InChI is InChI=1S/C22H25NO3.ClH/c24-21(25)17-26-16-15-23-13-11-20(12-14-23)22(18-7-3-1-4-8-18)19-9-5-2-6-10-19;/h1-10H,11-17H2,(H,24,25);1H. The van der Waals surface area contributed by atoms with E-state index in [4.69, 9.17) is 9.84 Å². The lowest BCUT2D eigenvalue weighted by Gasteiger charge is -2.30. The van der Waals surface area contributed by atoms with E-state index < -0.39 is 5.97 Å². The maximum atomic E-state index is 10.5. The molecule has 0 aromatic heterocycles. The van der Waals surface area contributed by atoms with Gasteiger partial charge in [0.25, 0.3) is 0 Å². The van der Waals surface area contributed by atoms with Crippen LogP contribution in [0.4, 0.5) is 0 Å². The van der Waals surface area contributed by atoms with E-state index in [9.17, 15) is 4.79 Å². The van der Waals surface area contributed by atoms with Crippen LogP contribution in [-0.4, -0.2) is 48.8 Å². The maximum Gasteiger partial charge on any atom is 0.329 e. The fourth-order valence-corrected chi connectivity index (χ4v) is 3.43. The van der Waals surface area contributed by atoms with E-state index in [1.807, 2.05) is 0 Å². The fraction of sp³-hybridized carbons (Fsp3) is 0.318. The van der Waals surface area contributed by atoms with Gasteiger partial charge < -0.3 is 14.7 Å². The third-order valence-corrected chi connectivity index (χ3v) is 4.72. The summed E-state index contributed by atoms with van der Waals surface area (Å²) in [4.78, 5) is 12.8. The number of rotatable bonds is 7. The molecule has 1 aliphatic rings. The fourth-order valence-electron chi connectivity index (χ4n) is 3.43.